The van der Waals surface area contributed by atoms with E-state index in [0.29, 0.717) is 12.0 Å². The molecule has 1 aliphatic carbocycles. The maximum Gasteiger partial charge on any atom is 0.410 e. The van der Waals surface area contributed by atoms with Gasteiger partial charge in [0.1, 0.15) is 5.60 Å². The van der Waals surface area contributed by atoms with Crippen molar-refractivity contribution in [1.82, 2.24) is 4.90 Å². The van der Waals surface area contributed by atoms with E-state index in [2.05, 4.69) is 18.8 Å². The van der Waals surface area contributed by atoms with E-state index in [1.807, 2.05) is 25.7 Å². The summed E-state index contributed by atoms with van der Waals surface area (Å²) in [5.41, 5.74) is -0.427. The second-order valence-electron chi connectivity index (χ2n) is 8.40. The highest BCUT2D eigenvalue weighted by Gasteiger charge is 2.46. The zero-order valence-electron chi connectivity index (χ0n) is 16.1. The van der Waals surface area contributed by atoms with Crippen LogP contribution < -0.4 is 0 Å². The fraction of sp³-hybridized carbons (Fsp3) is 0.857. The summed E-state index contributed by atoms with van der Waals surface area (Å²) >= 11 is 0. The number of amides is 1. The largest absolute Gasteiger partial charge is 0.444 e. The minimum absolute atomic E-state index is 0.133. The molecule has 0 aromatic carbocycles. The second-order valence-corrected chi connectivity index (χ2v) is 8.40. The van der Waals surface area contributed by atoms with E-state index in [1.54, 1.807) is 0 Å². The first-order chi connectivity index (χ1) is 11.4. The molecule has 24 heavy (non-hydrogen) atoms. The zero-order chi connectivity index (χ0) is 17.6. The number of carbonyl (C=O) groups is 1. The first-order valence-corrected chi connectivity index (χ1v) is 9.89. The fourth-order valence-corrected chi connectivity index (χ4v) is 4.09. The van der Waals surface area contributed by atoms with E-state index >= 15 is 0 Å². The molecule has 0 spiro atoms. The molecular formula is C21H35NO2. The Morgan fingerprint density at radius 2 is 1.96 bits per heavy atom. The van der Waals surface area contributed by atoms with E-state index in [4.69, 9.17) is 4.74 Å². The number of hydrogen-bond donors (Lipinski definition) is 0. The van der Waals surface area contributed by atoms with Crippen molar-refractivity contribution in [2.24, 2.45) is 5.92 Å². The van der Waals surface area contributed by atoms with Crippen LogP contribution in [0.2, 0.25) is 0 Å². The van der Waals surface area contributed by atoms with Gasteiger partial charge in [-0.3, -0.25) is 0 Å². The quantitative estimate of drug-likeness (QED) is 0.489. The number of ether oxygens (including phenoxy) is 1. The average molecular weight is 334 g/mol. The predicted octanol–water partition coefficient (Wildman–Crippen LogP) is 5.53. The van der Waals surface area contributed by atoms with Crippen LogP contribution in [-0.2, 0) is 4.74 Å². The Labute approximate surface area is 148 Å². The highest BCUT2D eigenvalue weighted by atomic mass is 16.6. The average Bonchev–Trinajstić information content (AvgIpc) is 3.04. The lowest BCUT2D eigenvalue weighted by atomic mass is 10.0. The summed E-state index contributed by atoms with van der Waals surface area (Å²) in [4.78, 5) is 14.7. The molecule has 3 nitrogen and oxygen atoms in total. The molecule has 2 aliphatic rings. The van der Waals surface area contributed by atoms with Gasteiger partial charge in [-0.2, -0.15) is 0 Å². The number of fused-ring (bicyclic) bond motifs is 1. The van der Waals surface area contributed by atoms with E-state index in [0.717, 1.165) is 25.7 Å². The van der Waals surface area contributed by atoms with Crippen molar-refractivity contribution in [3.05, 3.63) is 0 Å². The summed E-state index contributed by atoms with van der Waals surface area (Å²) in [6.07, 6.45) is 11.4. The lowest BCUT2D eigenvalue weighted by Gasteiger charge is -2.31. The standard InChI is InChI=1S/C21H35NO2/c1-5-6-7-8-9-10-11-14-18-16-17-13-12-15-19(17)22(18)20(23)24-21(2,3)4/h17-19H,5-9,12-16H2,1-4H3. The van der Waals surface area contributed by atoms with Gasteiger partial charge in [0.25, 0.3) is 0 Å². The molecular weight excluding hydrogens is 298 g/mol. The molecule has 2 fully saturated rings. The van der Waals surface area contributed by atoms with E-state index in [1.165, 1.54) is 38.5 Å². The first-order valence-electron chi connectivity index (χ1n) is 9.89. The topological polar surface area (TPSA) is 29.5 Å². The Kier molecular flexibility index (Phi) is 7.02. The lowest BCUT2D eigenvalue weighted by molar-refractivity contribution is 0.0143. The minimum Gasteiger partial charge on any atom is -0.444 e. The van der Waals surface area contributed by atoms with Crippen LogP contribution in [0.3, 0.4) is 0 Å². The zero-order valence-corrected chi connectivity index (χ0v) is 16.1. The van der Waals surface area contributed by atoms with Gasteiger partial charge in [0.2, 0.25) is 0 Å². The number of nitrogens with zero attached hydrogens (tertiary/aromatic N) is 1. The highest BCUT2D eigenvalue weighted by molar-refractivity contribution is 5.69. The molecule has 1 saturated carbocycles. The maximum absolute atomic E-state index is 12.7. The summed E-state index contributed by atoms with van der Waals surface area (Å²) in [5.74, 6) is 7.32. The minimum atomic E-state index is -0.427. The van der Waals surface area contributed by atoms with Gasteiger partial charge >= 0.3 is 6.09 Å². The summed E-state index contributed by atoms with van der Waals surface area (Å²) in [7, 11) is 0. The number of hydrogen-bond acceptors (Lipinski definition) is 2. The first kappa shape index (κ1) is 19.2. The van der Waals surface area contributed by atoms with Crippen molar-refractivity contribution in [3.63, 3.8) is 0 Å². The molecule has 0 aromatic heterocycles. The predicted molar refractivity (Wildman–Crippen MR) is 98.8 cm³/mol. The van der Waals surface area contributed by atoms with Crippen LogP contribution >= 0.6 is 0 Å². The van der Waals surface area contributed by atoms with Crippen LogP contribution in [-0.4, -0.2) is 28.7 Å². The smallest absolute Gasteiger partial charge is 0.410 e. The lowest BCUT2D eigenvalue weighted by Crippen LogP contribution is -2.44. The molecule has 1 aliphatic heterocycles. The van der Waals surface area contributed by atoms with Gasteiger partial charge in [-0.25, -0.2) is 4.79 Å². The van der Waals surface area contributed by atoms with E-state index in [-0.39, 0.29) is 12.1 Å². The normalized spacial score (nSPS) is 26.0. The van der Waals surface area contributed by atoms with Crippen molar-refractivity contribution in [2.75, 3.05) is 0 Å². The SMILES string of the molecule is CCCCCCC#CCC1CC2CCCC2N1C(=O)OC(C)(C)C. The third kappa shape index (κ3) is 5.43. The van der Waals surface area contributed by atoms with Crippen LogP contribution in [0.25, 0.3) is 0 Å². The molecule has 3 heteroatoms. The van der Waals surface area contributed by atoms with Crippen molar-refractivity contribution >= 4 is 6.09 Å². The van der Waals surface area contributed by atoms with Gasteiger partial charge in [0.05, 0.1) is 0 Å². The van der Waals surface area contributed by atoms with Crippen molar-refractivity contribution in [2.45, 2.75) is 110 Å². The van der Waals surface area contributed by atoms with Crippen LogP contribution in [0.1, 0.15) is 91.9 Å². The molecule has 0 radical (unpaired) electrons. The van der Waals surface area contributed by atoms with Crippen LogP contribution in [0.5, 0.6) is 0 Å². The Bertz CT molecular complexity index is 468. The molecule has 1 saturated heterocycles. The fourth-order valence-electron chi connectivity index (χ4n) is 4.09. The number of unbranched alkanes of at least 4 members (excludes halogenated alkanes) is 4. The number of carbonyl (C=O) groups excluding carboxylic acids is 1. The molecule has 0 aromatic rings. The van der Waals surface area contributed by atoms with Crippen molar-refractivity contribution < 1.29 is 9.53 Å². The Balaban J connectivity index is 1.90. The molecule has 1 heterocycles. The molecule has 1 amide bonds. The van der Waals surface area contributed by atoms with E-state index < -0.39 is 5.60 Å². The summed E-state index contributed by atoms with van der Waals surface area (Å²) in [6, 6.07) is 0.634. The molecule has 3 atom stereocenters. The van der Waals surface area contributed by atoms with Gasteiger partial charge in [-0.1, -0.05) is 32.6 Å². The third-order valence-corrected chi connectivity index (χ3v) is 5.17. The number of likely N-dealkylation sites (tertiary alicyclic amines) is 1. The van der Waals surface area contributed by atoms with Crippen LogP contribution in [0.15, 0.2) is 0 Å². The van der Waals surface area contributed by atoms with Crippen molar-refractivity contribution in [3.8, 4) is 11.8 Å². The molecule has 0 bridgehead atoms. The molecule has 136 valence electrons. The number of rotatable bonds is 5. The maximum atomic E-state index is 12.7. The molecule has 0 N–H and O–H groups in total. The van der Waals surface area contributed by atoms with Crippen LogP contribution in [0, 0.1) is 17.8 Å². The third-order valence-electron chi connectivity index (χ3n) is 5.17. The summed E-state index contributed by atoms with van der Waals surface area (Å²) < 4.78 is 5.67. The van der Waals surface area contributed by atoms with Crippen LogP contribution in [0.4, 0.5) is 4.79 Å². The van der Waals surface area contributed by atoms with Gasteiger partial charge in [0.15, 0.2) is 0 Å². The monoisotopic (exact) mass is 333 g/mol. The van der Waals surface area contributed by atoms with E-state index in [9.17, 15) is 4.79 Å². The summed E-state index contributed by atoms with van der Waals surface area (Å²) in [6.45, 7) is 8.06. The molecule has 3 unspecified atom stereocenters. The Hall–Kier alpha value is -1.17. The Morgan fingerprint density at radius 3 is 2.67 bits per heavy atom. The van der Waals surface area contributed by atoms with Crippen molar-refractivity contribution in [1.29, 1.82) is 0 Å². The second kappa shape index (κ2) is 8.79. The summed E-state index contributed by atoms with van der Waals surface area (Å²) in [5, 5.41) is 0. The highest BCUT2D eigenvalue weighted by Crippen LogP contribution is 2.42. The van der Waals surface area contributed by atoms with Gasteiger partial charge in [-0.05, 0) is 52.4 Å². The Morgan fingerprint density at radius 1 is 1.17 bits per heavy atom. The van der Waals surface area contributed by atoms with Gasteiger partial charge < -0.3 is 9.64 Å². The van der Waals surface area contributed by atoms with Gasteiger partial charge in [0, 0.05) is 24.9 Å². The molecule has 2 rings (SSSR count). The van der Waals surface area contributed by atoms with Gasteiger partial charge in [-0.15, -0.1) is 11.8 Å².